The number of rotatable bonds is 7. The summed E-state index contributed by atoms with van der Waals surface area (Å²) in [6.45, 7) is 1.19. The largest absolute Gasteiger partial charge is 0.454 e. The van der Waals surface area contributed by atoms with Crippen molar-refractivity contribution >= 4 is 57.2 Å². The number of aromatic nitrogens is 4. The van der Waals surface area contributed by atoms with Crippen LogP contribution in [0.2, 0.25) is 0 Å². The fraction of sp³-hybridized carbons (Fsp3) is 0.368. The van der Waals surface area contributed by atoms with Crippen molar-refractivity contribution in [2.24, 2.45) is 5.92 Å². The molecule has 0 radical (unpaired) electrons. The van der Waals surface area contributed by atoms with Crippen molar-refractivity contribution in [1.82, 2.24) is 24.8 Å². The van der Waals surface area contributed by atoms with Gasteiger partial charge in [-0.3, -0.25) is 4.79 Å². The molecule has 1 amide bonds. The molecule has 12 heteroatoms. The molecule has 0 unspecified atom stereocenters. The molecule has 3 heterocycles. The van der Waals surface area contributed by atoms with Gasteiger partial charge < -0.3 is 25.1 Å². The van der Waals surface area contributed by atoms with Gasteiger partial charge in [0.25, 0.3) is 0 Å². The van der Waals surface area contributed by atoms with Crippen molar-refractivity contribution in [3.8, 4) is 11.5 Å². The van der Waals surface area contributed by atoms with Crippen LogP contribution in [0.5, 0.6) is 11.5 Å². The van der Waals surface area contributed by atoms with Gasteiger partial charge >= 0.3 is 6.08 Å². The molecule has 5 rings (SSSR count). The molecule has 2 aliphatic rings. The van der Waals surface area contributed by atoms with E-state index in [0.29, 0.717) is 47.3 Å². The summed E-state index contributed by atoms with van der Waals surface area (Å²) in [6, 6.07) is 3.80. The predicted molar refractivity (Wildman–Crippen MR) is 119 cm³/mol. The van der Waals surface area contributed by atoms with Crippen LogP contribution < -0.4 is 20.5 Å². The van der Waals surface area contributed by atoms with E-state index >= 15 is 0 Å². The summed E-state index contributed by atoms with van der Waals surface area (Å²) >= 11 is 3.63. The van der Waals surface area contributed by atoms with Crippen molar-refractivity contribution in [3.05, 3.63) is 21.8 Å². The summed E-state index contributed by atoms with van der Waals surface area (Å²) < 4.78 is 27.6. The zero-order valence-electron chi connectivity index (χ0n) is 16.2. The molecule has 1 aromatic carbocycles. The van der Waals surface area contributed by atoms with Crippen LogP contribution in [0.25, 0.3) is 11.2 Å². The number of fused-ring (bicyclic) bond motifs is 2. The Kier molecular flexibility index (Phi) is 5.50. The summed E-state index contributed by atoms with van der Waals surface area (Å²) in [5, 5.41) is 3.55. The molecular formula is C19H18FIN6O3S. The highest BCUT2D eigenvalue weighted by molar-refractivity contribution is 14.1. The fourth-order valence-corrected chi connectivity index (χ4v) is 4.98. The van der Waals surface area contributed by atoms with E-state index < -0.39 is 6.08 Å². The molecule has 0 saturated heterocycles. The Morgan fingerprint density at radius 2 is 2.06 bits per heavy atom. The van der Waals surface area contributed by atoms with Gasteiger partial charge in [0.2, 0.25) is 12.7 Å². The Labute approximate surface area is 194 Å². The first-order valence-corrected chi connectivity index (χ1v) is 11.6. The van der Waals surface area contributed by atoms with E-state index in [9.17, 15) is 9.18 Å². The zero-order chi connectivity index (χ0) is 21.5. The molecule has 1 aliphatic heterocycles. The van der Waals surface area contributed by atoms with Crippen LogP contribution >= 0.6 is 34.4 Å². The Morgan fingerprint density at radius 3 is 2.84 bits per heavy atom. The van der Waals surface area contributed by atoms with Crippen molar-refractivity contribution in [2.45, 2.75) is 35.9 Å². The van der Waals surface area contributed by atoms with Crippen molar-refractivity contribution < 1.29 is 18.7 Å². The molecule has 2 aromatic heterocycles. The highest BCUT2D eigenvalue weighted by Crippen LogP contribution is 2.41. The lowest BCUT2D eigenvalue weighted by atomic mass is 10.3. The smallest absolute Gasteiger partial charge is 0.312 e. The SMILES string of the molecule is Nc1nc(F)nc2c1nc(Sc1cc3c(cc1I)OCO3)n2CCCNC(=O)C1CC1. The molecule has 3 aromatic rings. The zero-order valence-corrected chi connectivity index (χ0v) is 19.2. The van der Waals surface area contributed by atoms with Gasteiger partial charge in [0.05, 0.1) is 0 Å². The lowest BCUT2D eigenvalue weighted by molar-refractivity contribution is -0.122. The number of imidazole rings is 1. The van der Waals surface area contributed by atoms with Crippen LogP contribution in [-0.2, 0) is 11.3 Å². The molecule has 162 valence electrons. The minimum absolute atomic E-state index is 0.00878. The summed E-state index contributed by atoms with van der Waals surface area (Å²) in [5.74, 6) is 1.61. The third-order valence-corrected chi connectivity index (χ3v) is 7.30. The van der Waals surface area contributed by atoms with E-state index in [4.69, 9.17) is 15.2 Å². The van der Waals surface area contributed by atoms with Crippen LogP contribution in [-0.4, -0.2) is 38.8 Å². The average Bonchev–Trinajstić information content (AvgIpc) is 3.40. The molecule has 3 N–H and O–H groups in total. The number of carbonyl (C=O) groups is 1. The van der Waals surface area contributed by atoms with Crippen LogP contribution in [0.1, 0.15) is 19.3 Å². The molecule has 0 bridgehead atoms. The Balaban J connectivity index is 1.43. The van der Waals surface area contributed by atoms with Crippen LogP contribution in [0.3, 0.4) is 0 Å². The minimum Gasteiger partial charge on any atom is -0.454 e. The van der Waals surface area contributed by atoms with E-state index in [1.807, 2.05) is 16.7 Å². The van der Waals surface area contributed by atoms with Gasteiger partial charge in [-0.15, -0.1) is 0 Å². The summed E-state index contributed by atoms with van der Waals surface area (Å²) in [6.07, 6.45) is 1.66. The van der Waals surface area contributed by atoms with Crippen molar-refractivity contribution in [2.75, 3.05) is 19.1 Å². The lowest BCUT2D eigenvalue weighted by Gasteiger charge is -2.10. The number of aryl methyl sites for hydroxylation is 1. The second-order valence-electron chi connectivity index (χ2n) is 7.25. The maximum atomic E-state index is 13.9. The molecule has 9 nitrogen and oxygen atoms in total. The molecular weight excluding hydrogens is 538 g/mol. The Bertz CT molecular complexity index is 1190. The number of nitrogens with zero attached hydrogens (tertiary/aromatic N) is 4. The normalized spacial score (nSPS) is 14.9. The minimum atomic E-state index is -0.901. The predicted octanol–water partition coefficient (Wildman–Crippen LogP) is 2.95. The Hall–Kier alpha value is -2.35. The van der Waals surface area contributed by atoms with Gasteiger partial charge in [0.15, 0.2) is 33.6 Å². The standard InChI is InChI=1S/C19H18FIN6O3S/c20-18-25-15(22)14-16(26-18)27(5-1-4-23-17(28)9-2-3-9)19(24-14)31-13-7-12-11(6-10(13)21)29-8-30-12/h6-7,9H,1-5,8H2,(H,23,28)(H2,22,25,26). The average molecular weight is 556 g/mol. The number of halogens is 2. The van der Waals surface area contributed by atoms with Crippen LogP contribution in [0.4, 0.5) is 10.2 Å². The first-order valence-electron chi connectivity index (χ1n) is 9.73. The van der Waals surface area contributed by atoms with E-state index in [1.165, 1.54) is 11.8 Å². The van der Waals surface area contributed by atoms with Crippen molar-refractivity contribution in [3.63, 3.8) is 0 Å². The first-order chi connectivity index (χ1) is 15.0. The summed E-state index contributed by atoms with van der Waals surface area (Å²) in [7, 11) is 0. The second kappa shape index (κ2) is 8.30. The van der Waals surface area contributed by atoms with Gasteiger partial charge in [-0.2, -0.15) is 14.4 Å². The molecule has 1 fully saturated rings. The fourth-order valence-electron chi connectivity index (χ4n) is 3.27. The molecule has 1 saturated carbocycles. The third kappa shape index (κ3) is 4.22. The number of nitrogen functional groups attached to an aromatic ring is 1. The lowest BCUT2D eigenvalue weighted by Crippen LogP contribution is -2.26. The van der Waals surface area contributed by atoms with E-state index in [-0.39, 0.29) is 24.4 Å². The maximum Gasteiger partial charge on any atom is 0.312 e. The molecule has 31 heavy (non-hydrogen) atoms. The molecule has 1 aliphatic carbocycles. The quantitative estimate of drug-likeness (QED) is 0.259. The van der Waals surface area contributed by atoms with E-state index in [1.54, 1.807) is 0 Å². The van der Waals surface area contributed by atoms with Gasteiger partial charge in [0.1, 0.15) is 0 Å². The number of nitrogens with one attached hydrogen (secondary N) is 1. The number of amides is 1. The van der Waals surface area contributed by atoms with Gasteiger partial charge in [-0.05, 0) is 54.0 Å². The van der Waals surface area contributed by atoms with Gasteiger partial charge in [0, 0.05) is 27.5 Å². The highest BCUT2D eigenvalue weighted by Gasteiger charge is 2.29. The maximum absolute atomic E-state index is 13.9. The molecule has 0 spiro atoms. The number of hydrogen-bond acceptors (Lipinski definition) is 8. The number of nitrogens with two attached hydrogens (primary N) is 1. The second-order valence-corrected chi connectivity index (χ2v) is 9.42. The van der Waals surface area contributed by atoms with Crippen LogP contribution in [0.15, 0.2) is 22.2 Å². The van der Waals surface area contributed by atoms with Gasteiger partial charge in [-0.1, -0.05) is 11.8 Å². The van der Waals surface area contributed by atoms with Crippen LogP contribution in [0, 0.1) is 15.6 Å². The topological polar surface area (TPSA) is 117 Å². The highest BCUT2D eigenvalue weighted by atomic mass is 127. The van der Waals surface area contributed by atoms with Crippen molar-refractivity contribution in [1.29, 1.82) is 0 Å². The monoisotopic (exact) mass is 556 g/mol. The summed E-state index contributed by atoms with van der Waals surface area (Å²) in [5.41, 5.74) is 6.58. The number of benzene rings is 1. The van der Waals surface area contributed by atoms with E-state index in [0.717, 1.165) is 21.3 Å². The summed E-state index contributed by atoms with van der Waals surface area (Å²) in [4.78, 5) is 24.9. The van der Waals surface area contributed by atoms with Gasteiger partial charge in [-0.25, -0.2) is 4.98 Å². The number of anilines is 1. The van der Waals surface area contributed by atoms with E-state index in [2.05, 4.69) is 42.9 Å². The number of hydrogen-bond donors (Lipinski definition) is 2. The first kappa shape index (κ1) is 20.5. The number of ether oxygens (including phenoxy) is 2. The Morgan fingerprint density at radius 1 is 1.29 bits per heavy atom. The number of carbonyl (C=O) groups excluding carboxylic acids is 1. The molecule has 0 atom stereocenters. The third-order valence-electron chi connectivity index (χ3n) is 4.99.